The number of aromatic carboxylic acids is 1. The van der Waals surface area contributed by atoms with E-state index in [1.807, 2.05) is 18.2 Å². The molecule has 0 aliphatic rings. The normalized spacial score (nSPS) is 10.7. The highest BCUT2D eigenvalue weighted by atomic mass is 127. The summed E-state index contributed by atoms with van der Waals surface area (Å²) in [6, 6.07) is 13.9. The smallest absolute Gasteiger partial charge is 0.340 e. The summed E-state index contributed by atoms with van der Waals surface area (Å²) in [5.74, 6) is -3.17. The van der Waals surface area contributed by atoms with Crippen molar-refractivity contribution < 1.29 is 28.2 Å². The maximum absolute atomic E-state index is 14.8. The van der Waals surface area contributed by atoms with Crippen LogP contribution in [0.15, 0.2) is 70.1 Å². The van der Waals surface area contributed by atoms with Crippen molar-refractivity contribution in [1.29, 1.82) is 0 Å². The van der Waals surface area contributed by atoms with Crippen LogP contribution in [0, 0.1) is 15.2 Å². The summed E-state index contributed by atoms with van der Waals surface area (Å²) in [5.41, 5.74) is 7.15. The van der Waals surface area contributed by atoms with Crippen LogP contribution in [0.25, 0.3) is 22.1 Å². The van der Waals surface area contributed by atoms with Gasteiger partial charge >= 0.3 is 11.9 Å². The maximum Gasteiger partial charge on any atom is 0.340 e. The minimum absolute atomic E-state index is 0.0103. The van der Waals surface area contributed by atoms with Crippen LogP contribution >= 0.6 is 77.7 Å². The monoisotopic (exact) mass is 935 g/mol. The zero-order valence-corrected chi connectivity index (χ0v) is 32.0. The first kappa shape index (κ1) is 37.5. The van der Waals surface area contributed by atoms with Gasteiger partial charge in [-0.15, -0.1) is 0 Å². The average molecular weight is 938 g/mol. The Morgan fingerprint density at radius 3 is 1.92 bits per heavy atom. The number of nitrogens with zero attached hydrogens (tertiary/aromatic N) is 4. The molecule has 0 aliphatic carbocycles. The molecule has 0 saturated carbocycles. The molecule has 0 atom stereocenters. The number of carbonyl (C=O) groups is 2. The van der Waals surface area contributed by atoms with Crippen molar-refractivity contribution in [1.82, 2.24) is 19.1 Å². The molecular weight excluding hydrogens is 914 g/mol. The van der Waals surface area contributed by atoms with Crippen LogP contribution in [-0.4, -0.2) is 43.3 Å². The third-order valence-electron chi connectivity index (χ3n) is 6.96. The number of hydrogen-bond acceptors (Lipinski definition) is 6. The number of aryl methyl sites for hydroxylation is 2. The van der Waals surface area contributed by atoms with Gasteiger partial charge in [0.15, 0.2) is 11.6 Å². The standard InChI is InChI=1S/C16H11BrClFN2O2.C10H10FN3O2.C6H3BrClI/c1-21-7-20-15-13(21)6-11(16(22)23)10(14(15)19)4-8-2-3-9(17)5-12(8)18;1-14-4-13-9-6(14)3-5(10(15)16-2)8(12)7(9)11;7-4-1-2-6(9)5(8)3-4/h2-3,5-7H,4H2,1H3,(H,22,23);3-4H,12H2,1-2H3;1-3H. The van der Waals surface area contributed by atoms with Gasteiger partial charge in [-0.25, -0.2) is 28.3 Å². The lowest BCUT2D eigenvalue weighted by molar-refractivity contribution is 0.0600. The molecule has 250 valence electrons. The van der Waals surface area contributed by atoms with Crippen LogP contribution in [0.3, 0.4) is 0 Å². The number of ether oxygens (including phenoxy) is 1. The summed E-state index contributed by atoms with van der Waals surface area (Å²) in [6.45, 7) is 0. The molecule has 2 aromatic heterocycles. The van der Waals surface area contributed by atoms with E-state index in [0.29, 0.717) is 21.6 Å². The molecule has 4 aromatic carbocycles. The zero-order valence-electron chi connectivity index (χ0n) is 25.2. The average Bonchev–Trinajstić information content (AvgIpc) is 3.61. The third-order valence-corrected chi connectivity index (χ3v) is 9.87. The summed E-state index contributed by atoms with van der Waals surface area (Å²) < 4.78 is 39.2. The molecule has 16 heteroatoms. The molecule has 0 fully saturated rings. The number of methoxy groups -OCH3 is 1. The number of carboxylic acids is 1. The van der Waals surface area contributed by atoms with Crippen molar-refractivity contribution in [2.24, 2.45) is 14.1 Å². The fourth-order valence-electron chi connectivity index (χ4n) is 4.47. The minimum atomic E-state index is -1.18. The van der Waals surface area contributed by atoms with Crippen molar-refractivity contribution in [3.05, 3.63) is 118 Å². The Morgan fingerprint density at radius 2 is 1.42 bits per heavy atom. The van der Waals surface area contributed by atoms with Gasteiger partial charge in [-0.3, -0.25) is 0 Å². The molecule has 3 N–H and O–H groups in total. The zero-order chi connectivity index (χ0) is 35.4. The van der Waals surface area contributed by atoms with Crippen LogP contribution in [0.1, 0.15) is 31.8 Å². The fourth-order valence-corrected chi connectivity index (χ4v) is 6.22. The first-order valence-corrected chi connectivity index (χ1v) is 16.9. The largest absolute Gasteiger partial charge is 0.478 e. The molecule has 0 spiro atoms. The summed E-state index contributed by atoms with van der Waals surface area (Å²) >= 11 is 20.7. The predicted octanol–water partition coefficient (Wildman–Crippen LogP) is 9.21. The van der Waals surface area contributed by atoms with Crippen LogP contribution < -0.4 is 5.73 Å². The number of nitrogens with two attached hydrogens (primary N) is 1. The molecule has 0 aliphatic heterocycles. The first-order chi connectivity index (χ1) is 22.6. The van der Waals surface area contributed by atoms with E-state index >= 15 is 0 Å². The van der Waals surface area contributed by atoms with E-state index in [2.05, 4.69) is 69.2 Å². The number of fused-ring (bicyclic) bond motifs is 2. The molecule has 0 unspecified atom stereocenters. The van der Waals surface area contributed by atoms with Gasteiger partial charge in [0.05, 0.1) is 52.6 Å². The number of anilines is 1. The summed E-state index contributed by atoms with van der Waals surface area (Å²) in [5, 5.41) is 10.7. The Labute approximate surface area is 313 Å². The Morgan fingerprint density at radius 1 is 0.896 bits per heavy atom. The Kier molecular flexibility index (Phi) is 12.5. The van der Waals surface area contributed by atoms with E-state index in [9.17, 15) is 23.5 Å². The molecule has 6 rings (SSSR count). The van der Waals surface area contributed by atoms with Crippen LogP contribution in [0.5, 0.6) is 0 Å². The number of carbonyl (C=O) groups excluding carboxylic acids is 1. The molecule has 48 heavy (non-hydrogen) atoms. The van der Waals surface area contributed by atoms with Gasteiger partial charge in [0.2, 0.25) is 0 Å². The van der Waals surface area contributed by atoms with E-state index in [1.54, 1.807) is 41.4 Å². The summed E-state index contributed by atoms with van der Waals surface area (Å²) in [4.78, 5) is 30.8. The third kappa shape index (κ3) is 8.28. The molecule has 2 heterocycles. The lowest BCUT2D eigenvalue weighted by Gasteiger charge is -2.11. The molecule has 9 nitrogen and oxygen atoms in total. The van der Waals surface area contributed by atoms with Gasteiger partial charge in [0, 0.05) is 43.6 Å². The predicted molar refractivity (Wildman–Crippen MR) is 198 cm³/mol. The molecular formula is C32H24Br2Cl2F2IN5O4. The minimum Gasteiger partial charge on any atom is -0.478 e. The molecule has 0 bridgehead atoms. The second-order valence-electron chi connectivity index (χ2n) is 10.1. The summed E-state index contributed by atoms with van der Waals surface area (Å²) in [6.07, 6.45) is 2.98. The lowest BCUT2D eigenvalue weighted by Crippen LogP contribution is -2.08. The molecule has 0 amide bonds. The van der Waals surface area contributed by atoms with Crippen LogP contribution in [0.4, 0.5) is 14.5 Å². The van der Waals surface area contributed by atoms with Gasteiger partial charge in [0.25, 0.3) is 0 Å². The van der Waals surface area contributed by atoms with Gasteiger partial charge in [-0.1, -0.05) is 61.1 Å². The van der Waals surface area contributed by atoms with E-state index in [0.717, 1.165) is 17.5 Å². The Hall–Kier alpha value is -3.31. The highest BCUT2D eigenvalue weighted by Crippen LogP contribution is 2.30. The van der Waals surface area contributed by atoms with Crippen molar-refractivity contribution in [2.75, 3.05) is 12.8 Å². The van der Waals surface area contributed by atoms with E-state index < -0.39 is 23.6 Å². The number of rotatable bonds is 4. The van der Waals surface area contributed by atoms with E-state index in [1.165, 1.54) is 31.9 Å². The topological polar surface area (TPSA) is 125 Å². The van der Waals surface area contributed by atoms with E-state index in [4.69, 9.17) is 28.9 Å². The first-order valence-electron chi connectivity index (χ1n) is 13.5. The summed E-state index contributed by atoms with van der Waals surface area (Å²) in [7, 11) is 4.60. The second kappa shape index (κ2) is 15.9. The Bertz CT molecular complexity index is 2200. The van der Waals surface area contributed by atoms with E-state index in [-0.39, 0.29) is 39.8 Å². The number of hydrogen-bond donors (Lipinski definition) is 2. The highest BCUT2D eigenvalue weighted by Gasteiger charge is 2.22. The molecule has 0 saturated heterocycles. The SMILES string of the molecule is COC(=O)c1cc2c(ncn2C)c(F)c1N.Clc1cc(Br)ccc1I.Cn1cnc2c(F)c(Cc3ccc(Br)cc3Cl)c(C(=O)O)cc21. The van der Waals surface area contributed by atoms with Gasteiger partial charge in [-0.05, 0) is 70.6 Å². The van der Waals surface area contributed by atoms with Crippen LogP contribution in [-0.2, 0) is 25.3 Å². The van der Waals surface area contributed by atoms with Crippen LogP contribution in [0.2, 0.25) is 10.0 Å². The molecule has 6 aromatic rings. The number of aromatic nitrogens is 4. The number of benzene rings is 4. The van der Waals surface area contributed by atoms with Crippen molar-refractivity contribution in [3.63, 3.8) is 0 Å². The molecule has 0 radical (unpaired) electrons. The highest BCUT2D eigenvalue weighted by molar-refractivity contribution is 14.1. The van der Waals surface area contributed by atoms with Crippen molar-refractivity contribution >= 4 is 117 Å². The van der Waals surface area contributed by atoms with Crippen molar-refractivity contribution in [3.8, 4) is 0 Å². The number of esters is 1. The Balaban J connectivity index is 0.000000180. The maximum atomic E-state index is 14.8. The van der Waals surface area contributed by atoms with Gasteiger partial charge in [-0.2, -0.15) is 0 Å². The second-order valence-corrected chi connectivity index (χ2v) is 13.9. The quantitative estimate of drug-likeness (QED) is 0.0782. The number of carboxylic acid groups (broad SMARTS) is 1. The fraction of sp³-hybridized carbons (Fsp3) is 0.125. The van der Waals surface area contributed by atoms with Crippen molar-refractivity contribution in [2.45, 2.75) is 6.42 Å². The number of nitrogen functional groups attached to an aromatic ring is 1. The van der Waals surface area contributed by atoms with Gasteiger partial charge in [0.1, 0.15) is 11.0 Å². The number of imidazole rings is 2. The van der Waals surface area contributed by atoms with Gasteiger partial charge < -0.3 is 24.7 Å². The lowest BCUT2D eigenvalue weighted by atomic mass is 9.98. The number of halogens is 7.